The second-order valence-corrected chi connectivity index (χ2v) is 6.56. The molecule has 1 aliphatic heterocycles. The van der Waals surface area contributed by atoms with Gasteiger partial charge in [-0.05, 0) is 61.1 Å². The second kappa shape index (κ2) is 7.51. The Morgan fingerprint density at radius 1 is 1.16 bits per heavy atom. The van der Waals surface area contributed by atoms with Gasteiger partial charge in [0.2, 0.25) is 5.91 Å². The summed E-state index contributed by atoms with van der Waals surface area (Å²) in [5.74, 6) is -0.0504. The summed E-state index contributed by atoms with van der Waals surface area (Å²) in [7, 11) is 0. The second-order valence-electron chi connectivity index (χ2n) is 6.56. The minimum Gasteiger partial charge on any atom is -0.346 e. The maximum absolute atomic E-state index is 12.6. The Balaban J connectivity index is 1.72. The van der Waals surface area contributed by atoms with Crippen molar-refractivity contribution >= 4 is 17.5 Å². The van der Waals surface area contributed by atoms with E-state index in [1.165, 1.54) is 5.56 Å². The molecule has 2 amide bonds. The normalized spacial score (nSPS) is 14.9. The number of carbonyl (C=O) groups excluding carboxylic acids is 2. The molecule has 130 valence electrons. The summed E-state index contributed by atoms with van der Waals surface area (Å²) in [6.45, 7) is 4.11. The van der Waals surface area contributed by atoms with Crippen molar-refractivity contribution in [2.75, 3.05) is 5.32 Å². The number of anilines is 1. The smallest absolute Gasteiger partial charge is 0.251 e. The molecule has 2 N–H and O–H groups in total. The number of hydrogen-bond acceptors (Lipinski definition) is 2. The van der Waals surface area contributed by atoms with E-state index in [-0.39, 0.29) is 17.9 Å². The van der Waals surface area contributed by atoms with Crippen LogP contribution in [0.15, 0.2) is 42.5 Å². The molecule has 0 bridgehead atoms. The lowest BCUT2D eigenvalue weighted by Gasteiger charge is -2.16. The lowest BCUT2D eigenvalue weighted by molar-refractivity contribution is -0.116. The highest BCUT2D eigenvalue weighted by Crippen LogP contribution is 2.24. The predicted octanol–water partition coefficient (Wildman–Crippen LogP) is 4.01. The zero-order valence-corrected chi connectivity index (χ0v) is 14.8. The number of aryl methyl sites for hydroxylation is 2. The molecule has 4 heteroatoms. The Labute approximate surface area is 148 Å². The van der Waals surface area contributed by atoms with Crippen LogP contribution < -0.4 is 10.6 Å². The molecule has 1 heterocycles. The largest absolute Gasteiger partial charge is 0.346 e. The van der Waals surface area contributed by atoms with E-state index in [1.54, 1.807) is 6.07 Å². The Hall–Kier alpha value is -2.62. The molecule has 0 radical (unpaired) electrons. The molecule has 2 aromatic rings. The molecule has 0 spiro atoms. The molecule has 4 nitrogen and oxygen atoms in total. The highest BCUT2D eigenvalue weighted by atomic mass is 16.2. The van der Waals surface area contributed by atoms with Gasteiger partial charge in [-0.3, -0.25) is 9.59 Å². The standard InChI is InChI=1S/C21H24N2O2/c1-3-15-7-9-16(10-8-15)14(2)22-21(25)18-11-12-19-17(13-18)5-4-6-20(24)23-19/h7-14H,3-6H2,1-2H3,(H,22,25)(H,23,24). The van der Waals surface area contributed by atoms with Crippen molar-refractivity contribution in [3.8, 4) is 0 Å². The molecule has 3 rings (SSSR count). The van der Waals surface area contributed by atoms with E-state index >= 15 is 0 Å². The fourth-order valence-electron chi connectivity index (χ4n) is 3.12. The van der Waals surface area contributed by atoms with Crippen molar-refractivity contribution in [3.05, 3.63) is 64.7 Å². The average molecular weight is 336 g/mol. The lowest BCUT2D eigenvalue weighted by Crippen LogP contribution is -2.26. The van der Waals surface area contributed by atoms with E-state index in [1.807, 2.05) is 19.1 Å². The molecule has 0 saturated heterocycles. The Morgan fingerprint density at radius 3 is 2.64 bits per heavy atom. The van der Waals surface area contributed by atoms with E-state index in [0.29, 0.717) is 12.0 Å². The number of rotatable bonds is 4. The van der Waals surface area contributed by atoms with Gasteiger partial charge in [0.25, 0.3) is 5.91 Å². The maximum Gasteiger partial charge on any atom is 0.251 e. The van der Waals surface area contributed by atoms with Crippen LogP contribution in [0.4, 0.5) is 5.69 Å². The van der Waals surface area contributed by atoms with Crippen molar-refractivity contribution in [2.24, 2.45) is 0 Å². The zero-order chi connectivity index (χ0) is 17.8. The number of benzene rings is 2. The Bertz CT molecular complexity index is 781. The topological polar surface area (TPSA) is 58.2 Å². The van der Waals surface area contributed by atoms with E-state index in [4.69, 9.17) is 0 Å². The first-order chi connectivity index (χ1) is 12.1. The number of nitrogens with one attached hydrogen (secondary N) is 2. The van der Waals surface area contributed by atoms with Gasteiger partial charge >= 0.3 is 0 Å². The third-order valence-electron chi connectivity index (χ3n) is 4.73. The quantitative estimate of drug-likeness (QED) is 0.886. The van der Waals surface area contributed by atoms with Gasteiger partial charge in [-0.1, -0.05) is 31.2 Å². The van der Waals surface area contributed by atoms with Gasteiger partial charge in [-0.15, -0.1) is 0 Å². The first-order valence-electron chi connectivity index (χ1n) is 8.89. The van der Waals surface area contributed by atoms with Crippen molar-refractivity contribution in [1.29, 1.82) is 0 Å². The van der Waals surface area contributed by atoms with Crippen LogP contribution in [0.2, 0.25) is 0 Å². The Morgan fingerprint density at radius 2 is 1.92 bits per heavy atom. The first kappa shape index (κ1) is 17.2. The lowest BCUT2D eigenvalue weighted by atomic mass is 10.0. The van der Waals surface area contributed by atoms with Crippen LogP contribution in [-0.4, -0.2) is 11.8 Å². The van der Waals surface area contributed by atoms with Crippen molar-refractivity contribution < 1.29 is 9.59 Å². The van der Waals surface area contributed by atoms with Crippen LogP contribution in [0.1, 0.15) is 59.8 Å². The summed E-state index contributed by atoms with van der Waals surface area (Å²) in [4.78, 5) is 24.2. The van der Waals surface area contributed by atoms with Gasteiger partial charge in [0.15, 0.2) is 0 Å². The molecular formula is C21H24N2O2. The minimum absolute atomic E-state index is 0.0418. The summed E-state index contributed by atoms with van der Waals surface area (Å²) in [6.07, 6.45) is 3.15. The van der Waals surface area contributed by atoms with Crippen molar-refractivity contribution in [1.82, 2.24) is 5.32 Å². The first-order valence-corrected chi connectivity index (χ1v) is 8.89. The summed E-state index contributed by atoms with van der Waals surface area (Å²) in [5, 5.41) is 5.95. The summed E-state index contributed by atoms with van der Waals surface area (Å²) in [6, 6.07) is 13.8. The highest BCUT2D eigenvalue weighted by molar-refractivity contribution is 5.97. The summed E-state index contributed by atoms with van der Waals surface area (Å²) in [5.41, 5.74) is 4.86. The molecule has 0 aromatic heterocycles. The molecular weight excluding hydrogens is 312 g/mol. The summed E-state index contributed by atoms with van der Waals surface area (Å²) < 4.78 is 0. The fraction of sp³-hybridized carbons (Fsp3) is 0.333. The average Bonchev–Trinajstić information content (AvgIpc) is 2.81. The van der Waals surface area contributed by atoms with Crippen LogP contribution in [0, 0.1) is 0 Å². The third-order valence-corrected chi connectivity index (χ3v) is 4.73. The van der Waals surface area contributed by atoms with Gasteiger partial charge in [-0.2, -0.15) is 0 Å². The Kier molecular flexibility index (Phi) is 5.17. The maximum atomic E-state index is 12.6. The molecule has 25 heavy (non-hydrogen) atoms. The van der Waals surface area contributed by atoms with E-state index in [9.17, 15) is 9.59 Å². The number of carbonyl (C=O) groups is 2. The summed E-state index contributed by atoms with van der Waals surface area (Å²) >= 11 is 0. The van der Waals surface area contributed by atoms with Gasteiger partial charge in [0.1, 0.15) is 0 Å². The third kappa shape index (κ3) is 4.08. The molecule has 1 atom stereocenters. The highest BCUT2D eigenvalue weighted by Gasteiger charge is 2.16. The number of fused-ring (bicyclic) bond motifs is 1. The van der Waals surface area contributed by atoms with Crippen LogP contribution in [0.3, 0.4) is 0 Å². The van der Waals surface area contributed by atoms with Crippen molar-refractivity contribution in [2.45, 2.75) is 45.6 Å². The van der Waals surface area contributed by atoms with Crippen LogP contribution >= 0.6 is 0 Å². The molecule has 0 fully saturated rings. The van der Waals surface area contributed by atoms with E-state index in [2.05, 4.69) is 41.8 Å². The van der Waals surface area contributed by atoms with E-state index < -0.39 is 0 Å². The van der Waals surface area contributed by atoms with Crippen LogP contribution in [0.25, 0.3) is 0 Å². The number of amides is 2. The van der Waals surface area contributed by atoms with Gasteiger partial charge < -0.3 is 10.6 Å². The predicted molar refractivity (Wildman–Crippen MR) is 99.7 cm³/mol. The SMILES string of the molecule is CCc1ccc(C(C)NC(=O)c2ccc3c(c2)CCCC(=O)N3)cc1. The number of hydrogen-bond donors (Lipinski definition) is 2. The van der Waals surface area contributed by atoms with Crippen LogP contribution in [-0.2, 0) is 17.6 Å². The minimum atomic E-state index is -0.0922. The van der Waals surface area contributed by atoms with Gasteiger partial charge in [0.05, 0.1) is 6.04 Å². The van der Waals surface area contributed by atoms with Crippen molar-refractivity contribution in [3.63, 3.8) is 0 Å². The zero-order valence-electron chi connectivity index (χ0n) is 14.8. The molecule has 1 unspecified atom stereocenters. The molecule has 2 aromatic carbocycles. The van der Waals surface area contributed by atoms with Gasteiger partial charge in [-0.25, -0.2) is 0 Å². The molecule has 0 aliphatic carbocycles. The molecule has 1 aliphatic rings. The van der Waals surface area contributed by atoms with Gasteiger partial charge in [0, 0.05) is 17.7 Å². The van der Waals surface area contributed by atoms with E-state index in [0.717, 1.165) is 36.1 Å². The monoisotopic (exact) mass is 336 g/mol. The van der Waals surface area contributed by atoms with Crippen LogP contribution in [0.5, 0.6) is 0 Å². The molecule has 0 saturated carbocycles. The fourth-order valence-corrected chi connectivity index (χ4v) is 3.12.